The molecule has 0 amide bonds. The smallest absolute Gasteiger partial charge is 0.421 e. The molecule has 0 aliphatic carbocycles. The van der Waals surface area contributed by atoms with Gasteiger partial charge < -0.3 is 19.9 Å². The van der Waals surface area contributed by atoms with Gasteiger partial charge in [-0.3, -0.25) is 4.68 Å². The predicted octanol–water partition coefficient (Wildman–Crippen LogP) is 4.60. The average Bonchev–Trinajstić information content (AvgIpc) is 3.40. The van der Waals surface area contributed by atoms with Crippen molar-refractivity contribution in [1.82, 2.24) is 24.3 Å². The molecule has 11 heteroatoms. The molecule has 0 aliphatic heterocycles. The van der Waals surface area contributed by atoms with Gasteiger partial charge in [0.1, 0.15) is 23.7 Å². The number of ether oxygens (including phenoxy) is 1. The highest BCUT2D eigenvalue weighted by Gasteiger charge is 2.35. The van der Waals surface area contributed by atoms with Crippen LogP contribution in [0.2, 0.25) is 0 Å². The molecule has 0 bridgehead atoms. The van der Waals surface area contributed by atoms with Crippen molar-refractivity contribution in [1.29, 1.82) is 0 Å². The maximum Gasteiger partial charge on any atom is 0.421 e. The lowest BCUT2D eigenvalue weighted by atomic mass is 10.3. The molecular formula is C21H20F3N7O. The zero-order chi connectivity index (χ0) is 22.6. The second-order valence-electron chi connectivity index (χ2n) is 6.90. The summed E-state index contributed by atoms with van der Waals surface area (Å²) in [5, 5.41) is 9.50. The third-order valence-corrected chi connectivity index (χ3v) is 4.46. The van der Waals surface area contributed by atoms with E-state index in [4.69, 9.17) is 4.74 Å². The summed E-state index contributed by atoms with van der Waals surface area (Å²) in [6.07, 6.45) is 3.00. The van der Waals surface area contributed by atoms with Gasteiger partial charge in [0.25, 0.3) is 0 Å². The van der Waals surface area contributed by atoms with Gasteiger partial charge in [-0.15, -0.1) is 0 Å². The first-order valence-electron chi connectivity index (χ1n) is 9.67. The molecule has 2 N–H and O–H groups in total. The minimum absolute atomic E-state index is 0.0191. The fourth-order valence-electron chi connectivity index (χ4n) is 2.92. The van der Waals surface area contributed by atoms with Gasteiger partial charge in [0.15, 0.2) is 0 Å². The van der Waals surface area contributed by atoms with Crippen molar-refractivity contribution in [2.75, 3.05) is 17.2 Å². The number of aromatic nitrogens is 5. The van der Waals surface area contributed by atoms with E-state index in [0.29, 0.717) is 23.7 Å². The van der Waals surface area contributed by atoms with Crippen LogP contribution in [-0.2, 0) is 19.8 Å². The van der Waals surface area contributed by atoms with E-state index in [0.717, 1.165) is 12.7 Å². The summed E-state index contributed by atoms with van der Waals surface area (Å²) in [4.78, 5) is 7.83. The van der Waals surface area contributed by atoms with Crippen LogP contribution >= 0.6 is 0 Å². The highest BCUT2D eigenvalue weighted by atomic mass is 19.4. The first kappa shape index (κ1) is 21.2. The summed E-state index contributed by atoms with van der Waals surface area (Å²) >= 11 is 0. The monoisotopic (exact) mass is 443 g/mol. The number of nitrogens with zero attached hydrogens (tertiary/aromatic N) is 5. The van der Waals surface area contributed by atoms with Crippen molar-refractivity contribution in [2.24, 2.45) is 7.05 Å². The number of alkyl halides is 3. The van der Waals surface area contributed by atoms with Crippen molar-refractivity contribution < 1.29 is 17.9 Å². The Morgan fingerprint density at radius 3 is 2.41 bits per heavy atom. The van der Waals surface area contributed by atoms with E-state index in [2.05, 4.69) is 25.7 Å². The minimum atomic E-state index is -4.61. The van der Waals surface area contributed by atoms with Gasteiger partial charge in [-0.05, 0) is 36.4 Å². The fourth-order valence-corrected chi connectivity index (χ4v) is 2.92. The Kier molecular flexibility index (Phi) is 5.97. The maximum atomic E-state index is 13.4. The standard InChI is InChI=1S/C21H20F3N7O/c1-30-14-16(12-26-30)27-19-18(21(22,23)24)13-25-20(29-19)28-15-4-6-17(7-5-15)32-11-10-31-8-2-3-9-31/h2-9,12-14H,10-11H2,1H3,(H2,25,27,28,29). The van der Waals surface area contributed by atoms with Crippen LogP contribution in [0.25, 0.3) is 0 Å². The topological polar surface area (TPSA) is 81.8 Å². The third kappa shape index (κ3) is 5.36. The first-order chi connectivity index (χ1) is 15.4. The van der Waals surface area contributed by atoms with E-state index >= 15 is 0 Å². The molecule has 3 aromatic heterocycles. The largest absolute Gasteiger partial charge is 0.492 e. The van der Waals surface area contributed by atoms with Gasteiger partial charge in [-0.1, -0.05) is 0 Å². The number of halogens is 3. The van der Waals surface area contributed by atoms with Gasteiger partial charge in [-0.25, -0.2) is 4.98 Å². The molecule has 0 saturated heterocycles. The molecule has 32 heavy (non-hydrogen) atoms. The van der Waals surface area contributed by atoms with E-state index in [1.54, 1.807) is 37.5 Å². The summed E-state index contributed by atoms with van der Waals surface area (Å²) in [5.41, 5.74) is 0.0113. The fraction of sp³-hybridized carbons (Fsp3) is 0.190. The van der Waals surface area contributed by atoms with Crippen LogP contribution in [0.3, 0.4) is 0 Å². The molecule has 0 fully saturated rings. The number of hydrogen-bond donors (Lipinski definition) is 2. The lowest BCUT2D eigenvalue weighted by Crippen LogP contribution is -2.12. The summed E-state index contributed by atoms with van der Waals surface area (Å²) in [6.45, 7) is 1.23. The number of aryl methyl sites for hydroxylation is 1. The molecule has 0 atom stereocenters. The van der Waals surface area contributed by atoms with Gasteiger partial charge in [-0.2, -0.15) is 23.3 Å². The summed E-state index contributed by atoms with van der Waals surface area (Å²) in [5.74, 6) is 0.327. The third-order valence-electron chi connectivity index (χ3n) is 4.46. The second-order valence-corrected chi connectivity index (χ2v) is 6.90. The Hall–Kier alpha value is -4.02. The molecule has 8 nitrogen and oxygen atoms in total. The predicted molar refractivity (Wildman–Crippen MR) is 113 cm³/mol. The molecule has 0 radical (unpaired) electrons. The molecule has 3 heterocycles. The maximum absolute atomic E-state index is 13.4. The van der Waals surface area contributed by atoms with Crippen molar-refractivity contribution >= 4 is 23.1 Å². The molecule has 0 saturated carbocycles. The van der Waals surface area contributed by atoms with Crippen LogP contribution in [0.15, 0.2) is 67.4 Å². The van der Waals surface area contributed by atoms with Crippen LogP contribution in [0.1, 0.15) is 5.56 Å². The second kappa shape index (κ2) is 9.00. The molecule has 0 aliphatic rings. The van der Waals surface area contributed by atoms with Crippen LogP contribution in [-0.4, -0.2) is 30.9 Å². The van der Waals surface area contributed by atoms with Crippen molar-refractivity contribution in [3.63, 3.8) is 0 Å². The van der Waals surface area contributed by atoms with Gasteiger partial charge >= 0.3 is 6.18 Å². The highest BCUT2D eigenvalue weighted by molar-refractivity contribution is 5.62. The Morgan fingerprint density at radius 1 is 1.00 bits per heavy atom. The molecule has 0 spiro atoms. The van der Waals surface area contributed by atoms with Gasteiger partial charge in [0, 0.05) is 37.5 Å². The number of nitrogens with one attached hydrogen (secondary N) is 2. The van der Waals surface area contributed by atoms with Gasteiger partial charge in [0.2, 0.25) is 5.95 Å². The van der Waals surface area contributed by atoms with Crippen molar-refractivity contribution in [3.05, 3.63) is 72.9 Å². The quantitative estimate of drug-likeness (QED) is 0.414. The Morgan fingerprint density at radius 2 is 1.75 bits per heavy atom. The molecule has 4 rings (SSSR count). The van der Waals surface area contributed by atoms with Crippen LogP contribution in [0.4, 0.5) is 36.3 Å². The van der Waals surface area contributed by atoms with Crippen LogP contribution in [0, 0.1) is 0 Å². The minimum Gasteiger partial charge on any atom is -0.492 e. The summed E-state index contributed by atoms with van der Waals surface area (Å²) < 4.78 is 49.3. The Labute approximate surface area is 181 Å². The lowest BCUT2D eigenvalue weighted by Gasteiger charge is -2.14. The number of anilines is 4. The number of benzene rings is 1. The number of rotatable bonds is 8. The molecule has 4 aromatic rings. The summed E-state index contributed by atoms with van der Waals surface area (Å²) in [6, 6.07) is 10.9. The van der Waals surface area contributed by atoms with Crippen molar-refractivity contribution in [3.8, 4) is 5.75 Å². The van der Waals surface area contributed by atoms with E-state index in [1.165, 1.54) is 10.9 Å². The first-order valence-corrected chi connectivity index (χ1v) is 9.67. The highest BCUT2D eigenvalue weighted by Crippen LogP contribution is 2.35. The molecular weight excluding hydrogens is 423 g/mol. The zero-order valence-corrected chi connectivity index (χ0v) is 17.0. The van der Waals surface area contributed by atoms with E-state index in [-0.39, 0.29) is 11.8 Å². The molecule has 1 aromatic carbocycles. The summed E-state index contributed by atoms with van der Waals surface area (Å²) in [7, 11) is 1.66. The lowest BCUT2D eigenvalue weighted by molar-refractivity contribution is -0.137. The Bertz CT molecular complexity index is 1160. The van der Waals surface area contributed by atoms with Gasteiger partial charge in [0.05, 0.1) is 18.4 Å². The van der Waals surface area contributed by atoms with E-state index in [9.17, 15) is 13.2 Å². The van der Waals surface area contributed by atoms with Crippen LogP contribution in [0.5, 0.6) is 5.75 Å². The van der Waals surface area contributed by atoms with E-state index < -0.39 is 11.7 Å². The van der Waals surface area contributed by atoms with Crippen LogP contribution < -0.4 is 15.4 Å². The average molecular weight is 443 g/mol. The van der Waals surface area contributed by atoms with Crippen molar-refractivity contribution in [2.45, 2.75) is 12.7 Å². The SMILES string of the molecule is Cn1cc(Nc2nc(Nc3ccc(OCCn4cccc4)cc3)ncc2C(F)(F)F)cn1. The normalized spacial score (nSPS) is 11.4. The number of hydrogen-bond acceptors (Lipinski definition) is 6. The molecule has 0 unspecified atom stereocenters. The molecule has 166 valence electrons. The van der Waals surface area contributed by atoms with E-state index in [1.807, 2.05) is 29.1 Å². The Balaban J connectivity index is 1.44. The zero-order valence-electron chi connectivity index (χ0n) is 17.0.